The lowest BCUT2D eigenvalue weighted by molar-refractivity contribution is -0.145. The summed E-state index contributed by atoms with van der Waals surface area (Å²) in [7, 11) is 0. The number of carbonyl (C=O) groups excluding carboxylic acids is 3. The molecule has 0 radical (unpaired) electrons. The van der Waals surface area contributed by atoms with Gasteiger partial charge in [-0.3, -0.25) is 4.79 Å². The zero-order valence-electron chi connectivity index (χ0n) is 9.02. The fourth-order valence-corrected chi connectivity index (χ4v) is 0.781. The maximum absolute atomic E-state index is 11.1. The lowest BCUT2D eigenvalue weighted by Crippen LogP contribution is -2.14. The van der Waals surface area contributed by atoms with E-state index in [2.05, 4.69) is 21.0 Å². The minimum absolute atomic E-state index is 0.0236. The van der Waals surface area contributed by atoms with Crippen molar-refractivity contribution in [2.75, 3.05) is 19.8 Å². The minimum atomic E-state index is -0.620. The van der Waals surface area contributed by atoms with Gasteiger partial charge in [0.15, 0.2) is 0 Å². The molecule has 0 heterocycles. The van der Waals surface area contributed by atoms with Gasteiger partial charge in [0.05, 0.1) is 19.6 Å². The van der Waals surface area contributed by atoms with Gasteiger partial charge in [0.2, 0.25) is 6.08 Å². The van der Waals surface area contributed by atoms with Crippen molar-refractivity contribution in [1.29, 1.82) is 0 Å². The molecular formula is C10H13NO5. The molecule has 0 amide bonds. The Bertz CT molecular complexity index is 317. The highest BCUT2D eigenvalue weighted by Gasteiger charge is 2.13. The van der Waals surface area contributed by atoms with E-state index in [0.29, 0.717) is 0 Å². The van der Waals surface area contributed by atoms with Crippen LogP contribution in [0, 0.1) is 0 Å². The van der Waals surface area contributed by atoms with E-state index in [-0.39, 0.29) is 31.8 Å². The topological polar surface area (TPSA) is 82.0 Å². The van der Waals surface area contributed by atoms with Gasteiger partial charge in [0.25, 0.3) is 0 Å². The molecule has 0 aliphatic carbocycles. The number of esters is 2. The van der Waals surface area contributed by atoms with Crippen molar-refractivity contribution in [2.24, 2.45) is 4.99 Å². The van der Waals surface area contributed by atoms with Crippen LogP contribution in [0.3, 0.4) is 0 Å². The van der Waals surface area contributed by atoms with Crippen LogP contribution < -0.4 is 0 Å². The standard InChI is InChI=1S/C10H13NO5/c1-3-15-10(14)8(2)6-9(13)16-5-4-11-7-12/h2-6H2,1H3. The molecule has 0 unspecified atom stereocenters. The van der Waals surface area contributed by atoms with Crippen molar-refractivity contribution >= 4 is 18.0 Å². The Labute approximate surface area is 92.9 Å². The first-order valence-electron chi connectivity index (χ1n) is 4.66. The van der Waals surface area contributed by atoms with Gasteiger partial charge in [-0.05, 0) is 6.92 Å². The molecule has 0 aromatic carbocycles. The lowest BCUT2D eigenvalue weighted by Gasteiger charge is -2.05. The second-order valence-electron chi connectivity index (χ2n) is 2.69. The van der Waals surface area contributed by atoms with Gasteiger partial charge in [0, 0.05) is 5.57 Å². The summed E-state index contributed by atoms with van der Waals surface area (Å²) in [4.78, 5) is 35.0. The maximum atomic E-state index is 11.1. The number of nitrogens with zero attached hydrogens (tertiary/aromatic N) is 1. The predicted octanol–water partition coefficient (Wildman–Crippen LogP) is 0.375. The molecule has 6 nitrogen and oxygen atoms in total. The number of aliphatic imine (C=N–C) groups is 1. The van der Waals surface area contributed by atoms with Crippen molar-refractivity contribution in [3.05, 3.63) is 12.2 Å². The van der Waals surface area contributed by atoms with E-state index < -0.39 is 11.9 Å². The van der Waals surface area contributed by atoms with Crippen LogP contribution in [0.1, 0.15) is 13.3 Å². The summed E-state index contributed by atoms with van der Waals surface area (Å²) < 4.78 is 9.29. The monoisotopic (exact) mass is 227 g/mol. The largest absolute Gasteiger partial charge is 0.463 e. The van der Waals surface area contributed by atoms with Crippen LogP contribution in [0.4, 0.5) is 0 Å². The molecule has 0 N–H and O–H groups in total. The van der Waals surface area contributed by atoms with Gasteiger partial charge in [-0.25, -0.2) is 14.6 Å². The van der Waals surface area contributed by atoms with Crippen LogP contribution in [0.2, 0.25) is 0 Å². The molecule has 16 heavy (non-hydrogen) atoms. The number of isocyanates is 1. The quantitative estimate of drug-likeness (QED) is 0.206. The van der Waals surface area contributed by atoms with Crippen LogP contribution in [0.25, 0.3) is 0 Å². The summed E-state index contributed by atoms with van der Waals surface area (Å²) in [6.45, 7) is 5.31. The Morgan fingerprint density at radius 1 is 1.38 bits per heavy atom. The normalized spacial score (nSPS) is 8.81. The molecular weight excluding hydrogens is 214 g/mol. The maximum Gasteiger partial charge on any atom is 0.333 e. The lowest BCUT2D eigenvalue weighted by atomic mass is 10.2. The average Bonchev–Trinajstić information content (AvgIpc) is 2.24. The smallest absolute Gasteiger partial charge is 0.333 e. The highest BCUT2D eigenvalue weighted by Crippen LogP contribution is 2.02. The molecule has 0 bridgehead atoms. The Morgan fingerprint density at radius 3 is 2.62 bits per heavy atom. The predicted molar refractivity (Wildman–Crippen MR) is 54.3 cm³/mol. The first kappa shape index (κ1) is 14.1. The molecule has 0 fully saturated rings. The van der Waals surface area contributed by atoms with E-state index in [0.717, 1.165) is 0 Å². The fourth-order valence-electron chi connectivity index (χ4n) is 0.781. The molecule has 0 aliphatic heterocycles. The SMILES string of the molecule is C=C(CC(=O)OCCN=C=O)C(=O)OCC. The highest BCUT2D eigenvalue weighted by atomic mass is 16.5. The summed E-state index contributed by atoms with van der Waals surface area (Å²) in [6, 6.07) is 0. The Balaban J connectivity index is 3.82. The van der Waals surface area contributed by atoms with Crippen LogP contribution in [0.15, 0.2) is 17.1 Å². The fraction of sp³-hybridized carbons (Fsp3) is 0.500. The molecule has 0 aromatic rings. The summed E-state index contributed by atoms with van der Waals surface area (Å²) in [5.41, 5.74) is 0.0331. The number of carbonyl (C=O) groups is 2. The average molecular weight is 227 g/mol. The van der Waals surface area contributed by atoms with Crippen molar-refractivity contribution in [2.45, 2.75) is 13.3 Å². The van der Waals surface area contributed by atoms with Gasteiger partial charge < -0.3 is 9.47 Å². The third-order valence-corrected chi connectivity index (χ3v) is 1.45. The zero-order valence-corrected chi connectivity index (χ0v) is 9.02. The van der Waals surface area contributed by atoms with Gasteiger partial charge >= 0.3 is 11.9 Å². The first-order chi connectivity index (χ1) is 7.61. The third kappa shape index (κ3) is 6.50. The Hall–Kier alpha value is -1.94. The second-order valence-corrected chi connectivity index (χ2v) is 2.69. The molecule has 0 spiro atoms. The summed E-state index contributed by atoms with van der Waals surface area (Å²) >= 11 is 0. The minimum Gasteiger partial charge on any atom is -0.463 e. The molecule has 0 saturated heterocycles. The van der Waals surface area contributed by atoms with Gasteiger partial charge in [-0.15, -0.1) is 0 Å². The van der Waals surface area contributed by atoms with E-state index in [1.807, 2.05) is 0 Å². The van der Waals surface area contributed by atoms with Crippen LogP contribution in [0.5, 0.6) is 0 Å². The zero-order chi connectivity index (χ0) is 12.4. The number of hydrogen-bond donors (Lipinski definition) is 0. The summed E-state index contributed by atoms with van der Waals surface area (Å²) in [5.74, 6) is -1.23. The van der Waals surface area contributed by atoms with Crippen LogP contribution >= 0.6 is 0 Å². The number of ether oxygens (including phenoxy) is 2. The van der Waals surface area contributed by atoms with Crippen molar-refractivity contribution < 1.29 is 23.9 Å². The molecule has 0 rings (SSSR count). The summed E-state index contributed by atoms with van der Waals surface area (Å²) in [5, 5.41) is 0. The van der Waals surface area contributed by atoms with Crippen molar-refractivity contribution in [1.82, 2.24) is 0 Å². The Kier molecular flexibility index (Phi) is 7.36. The molecule has 0 saturated carbocycles. The summed E-state index contributed by atoms with van der Waals surface area (Å²) in [6.07, 6.45) is 1.08. The van der Waals surface area contributed by atoms with E-state index in [1.54, 1.807) is 6.92 Å². The van der Waals surface area contributed by atoms with Crippen molar-refractivity contribution in [3.8, 4) is 0 Å². The number of rotatable bonds is 7. The van der Waals surface area contributed by atoms with Gasteiger partial charge in [-0.2, -0.15) is 0 Å². The number of hydrogen-bond acceptors (Lipinski definition) is 6. The molecule has 0 atom stereocenters. The Morgan fingerprint density at radius 2 is 2.06 bits per heavy atom. The van der Waals surface area contributed by atoms with E-state index >= 15 is 0 Å². The highest BCUT2D eigenvalue weighted by molar-refractivity contribution is 5.93. The molecule has 0 aromatic heterocycles. The van der Waals surface area contributed by atoms with E-state index in [9.17, 15) is 14.4 Å². The molecule has 6 heteroatoms. The second kappa shape index (κ2) is 8.38. The third-order valence-electron chi connectivity index (χ3n) is 1.45. The van der Waals surface area contributed by atoms with Gasteiger partial charge in [0.1, 0.15) is 6.61 Å². The molecule has 0 aliphatic rings. The molecule has 88 valence electrons. The van der Waals surface area contributed by atoms with Gasteiger partial charge in [-0.1, -0.05) is 6.58 Å². The van der Waals surface area contributed by atoms with E-state index in [1.165, 1.54) is 6.08 Å². The van der Waals surface area contributed by atoms with Crippen molar-refractivity contribution in [3.63, 3.8) is 0 Å². The van der Waals surface area contributed by atoms with Crippen LogP contribution in [-0.2, 0) is 23.9 Å². The first-order valence-corrected chi connectivity index (χ1v) is 4.66. The van der Waals surface area contributed by atoms with E-state index in [4.69, 9.17) is 0 Å². The van der Waals surface area contributed by atoms with Crippen LogP contribution in [-0.4, -0.2) is 37.8 Å².